The first-order valence-corrected chi connectivity index (χ1v) is 7.07. The number of hydrogen-bond donors (Lipinski definition) is 1. The zero-order valence-corrected chi connectivity index (χ0v) is 13.4. The monoisotopic (exact) mass is 295 g/mol. The second kappa shape index (κ2) is 7.83. The highest BCUT2D eigenvalue weighted by Gasteiger charge is 2.17. The molecule has 1 atom stereocenters. The van der Waals surface area contributed by atoms with Crippen molar-refractivity contribution in [3.63, 3.8) is 0 Å². The molecule has 0 aromatic heterocycles. The first kappa shape index (κ1) is 17.2. The van der Waals surface area contributed by atoms with Crippen molar-refractivity contribution < 1.29 is 9.66 Å². The molecule has 118 valence electrons. The van der Waals surface area contributed by atoms with Gasteiger partial charge in [-0.05, 0) is 32.5 Å². The third-order valence-electron chi connectivity index (χ3n) is 3.09. The van der Waals surface area contributed by atoms with E-state index in [0.717, 1.165) is 18.7 Å². The van der Waals surface area contributed by atoms with Crippen LogP contribution in [0.1, 0.15) is 20.3 Å². The number of anilines is 1. The van der Waals surface area contributed by atoms with Crippen LogP contribution in [-0.2, 0) is 0 Å². The second-order valence-electron chi connectivity index (χ2n) is 5.88. The Balaban J connectivity index is 2.90. The summed E-state index contributed by atoms with van der Waals surface area (Å²) in [6, 6.07) is 5.17. The molecule has 0 heterocycles. The summed E-state index contributed by atoms with van der Waals surface area (Å²) >= 11 is 0. The normalized spacial score (nSPS) is 12.5. The number of hydrogen-bond acceptors (Lipinski definition) is 5. The van der Waals surface area contributed by atoms with Crippen LogP contribution in [-0.4, -0.2) is 43.6 Å². The molecule has 0 aliphatic rings. The van der Waals surface area contributed by atoms with E-state index < -0.39 is 4.92 Å². The molecule has 1 aromatic carbocycles. The lowest BCUT2D eigenvalue weighted by molar-refractivity contribution is -0.385. The van der Waals surface area contributed by atoms with Gasteiger partial charge in [-0.1, -0.05) is 13.8 Å². The molecule has 0 fully saturated rings. The molecule has 6 nitrogen and oxygen atoms in total. The topological polar surface area (TPSA) is 67.6 Å². The van der Waals surface area contributed by atoms with E-state index in [4.69, 9.17) is 4.74 Å². The predicted molar refractivity (Wildman–Crippen MR) is 85.1 cm³/mol. The smallest absolute Gasteiger partial charge is 0.311 e. The van der Waals surface area contributed by atoms with Gasteiger partial charge >= 0.3 is 5.69 Å². The summed E-state index contributed by atoms with van der Waals surface area (Å²) in [5, 5.41) is 14.3. The van der Waals surface area contributed by atoms with Crippen LogP contribution in [0.2, 0.25) is 0 Å². The van der Waals surface area contributed by atoms with Crippen LogP contribution in [0, 0.1) is 16.0 Å². The molecule has 0 aliphatic heterocycles. The largest absolute Gasteiger partial charge is 0.490 e. The number of nitro groups is 1. The Morgan fingerprint density at radius 2 is 2.05 bits per heavy atom. The SMILES string of the molecule is COc1cc(NC(CC(C)C)CN(C)C)ccc1[N+](=O)[O-]. The molecule has 0 saturated heterocycles. The van der Waals surface area contributed by atoms with E-state index in [1.54, 1.807) is 12.1 Å². The highest BCUT2D eigenvalue weighted by Crippen LogP contribution is 2.30. The van der Waals surface area contributed by atoms with Crippen LogP contribution < -0.4 is 10.1 Å². The van der Waals surface area contributed by atoms with Crippen molar-refractivity contribution in [2.45, 2.75) is 26.3 Å². The first-order chi connectivity index (χ1) is 9.83. The molecule has 6 heteroatoms. The van der Waals surface area contributed by atoms with Crippen molar-refractivity contribution in [1.82, 2.24) is 4.90 Å². The van der Waals surface area contributed by atoms with Gasteiger partial charge in [0.1, 0.15) is 0 Å². The van der Waals surface area contributed by atoms with E-state index in [1.165, 1.54) is 13.2 Å². The van der Waals surface area contributed by atoms with E-state index in [2.05, 4.69) is 24.1 Å². The molecular formula is C15H25N3O3. The van der Waals surface area contributed by atoms with Crippen LogP contribution in [0.25, 0.3) is 0 Å². The van der Waals surface area contributed by atoms with Crippen LogP contribution in [0.4, 0.5) is 11.4 Å². The van der Waals surface area contributed by atoms with Crippen molar-refractivity contribution in [2.75, 3.05) is 33.1 Å². The first-order valence-electron chi connectivity index (χ1n) is 7.07. The van der Waals surface area contributed by atoms with E-state index in [9.17, 15) is 10.1 Å². The number of methoxy groups -OCH3 is 1. The lowest BCUT2D eigenvalue weighted by Gasteiger charge is -2.25. The maximum atomic E-state index is 10.9. The number of nitrogens with zero attached hydrogens (tertiary/aromatic N) is 2. The van der Waals surface area contributed by atoms with Crippen LogP contribution in [0.5, 0.6) is 5.75 Å². The molecule has 1 unspecified atom stereocenters. The lowest BCUT2D eigenvalue weighted by atomic mass is 10.0. The Morgan fingerprint density at radius 1 is 1.38 bits per heavy atom. The third kappa shape index (κ3) is 5.59. The number of likely N-dealkylation sites (N-methyl/N-ethyl adjacent to an activating group) is 1. The number of rotatable bonds is 8. The molecule has 1 rings (SSSR count). The van der Waals surface area contributed by atoms with Crippen molar-refractivity contribution in [2.24, 2.45) is 5.92 Å². The molecular weight excluding hydrogens is 270 g/mol. The molecule has 0 aliphatic carbocycles. The van der Waals surface area contributed by atoms with Gasteiger partial charge in [0.2, 0.25) is 0 Å². The highest BCUT2D eigenvalue weighted by molar-refractivity contribution is 5.58. The Morgan fingerprint density at radius 3 is 2.52 bits per heavy atom. The zero-order valence-electron chi connectivity index (χ0n) is 13.4. The van der Waals surface area contributed by atoms with Gasteiger partial charge in [0, 0.05) is 30.4 Å². The van der Waals surface area contributed by atoms with Crippen molar-refractivity contribution >= 4 is 11.4 Å². The Hall–Kier alpha value is -1.82. The summed E-state index contributed by atoms with van der Waals surface area (Å²) in [7, 11) is 5.51. The number of nitrogens with one attached hydrogen (secondary N) is 1. The Labute approximate surface area is 126 Å². The average Bonchev–Trinajstić information content (AvgIpc) is 2.36. The summed E-state index contributed by atoms with van der Waals surface area (Å²) in [5.74, 6) is 0.848. The van der Waals surface area contributed by atoms with Gasteiger partial charge in [0.05, 0.1) is 12.0 Å². The van der Waals surface area contributed by atoms with Gasteiger partial charge in [-0.2, -0.15) is 0 Å². The number of nitro benzene ring substituents is 1. The van der Waals surface area contributed by atoms with Crippen molar-refractivity contribution in [3.05, 3.63) is 28.3 Å². The van der Waals surface area contributed by atoms with E-state index in [1.807, 2.05) is 14.1 Å². The fraction of sp³-hybridized carbons (Fsp3) is 0.600. The Kier molecular flexibility index (Phi) is 6.42. The van der Waals surface area contributed by atoms with Crippen LogP contribution in [0.15, 0.2) is 18.2 Å². The molecule has 0 spiro atoms. The maximum absolute atomic E-state index is 10.9. The molecule has 0 saturated carbocycles. The summed E-state index contributed by atoms with van der Waals surface area (Å²) in [6.45, 7) is 5.26. The van der Waals surface area contributed by atoms with Crippen LogP contribution in [0.3, 0.4) is 0 Å². The van der Waals surface area contributed by atoms with Crippen LogP contribution >= 0.6 is 0 Å². The molecule has 0 amide bonds. The minimum absolute atomic E-state index is 0.0175. The third-order valence-corrected chi connectivity index (χ3v) is 3.09. The van der Waals surface area contributed by atoms with Gasteiger partial charge in [-0.3, -0.25) is 10.1 Å². The fourth-order valence-corrected chi connectivity index (χ4v) is 2.34. The van der Waals surface area contributed by atoms with Crippen molar-refractivity contribution in [1.29, 1.82) is 0 Å². The summed E-state index contributed by atoms with van der Waals surface area (Å²) in [5.41, 5.74) is 0.820. The molecule has 1 N–H and O–H groups in total. The molecule has 21 heavy (non-hydrogen) atoms. The van der Waals surface area contributed by atoms with E-state index >= 15 is 0 Å². The summed E-state index contributed by atoms with van der Waals surface area (Å²) in [4.78, 5) is 12.6. The predicted octanol–water partition coefficient (Wildman–Crippen LogP) is 2.99. The molecule has 0 bridgehead atoms. The molecule has 1 aromatic rings. The van der Waals surface area contributed by atoms with Gasteiger partial charge in [-0.15, -0.1) is 0 Å². The minimum Gasteiger partial charge on any atom is -0.490 e. The van der Waals surface area contributed by atoms with Gasteiger partial charge in [0.15, 0.2) is 5.75 Å². The van der Waals surface area contributed by atoms with E-state index in [0.29, 0.717) is 5.92 Å². The summed E-state index contributed by atoms with van der Waals surface area (Å²) < 4.78 is 5.10. The summed E-state index contributed by atoms with van der Waals surface area (Å²) in [6.07, 6.45) is 1.03. The average molecular weight is 295 g/mol. The number of benzene rings is 1. The fourth-order valence-electron chi connectivity index (χ4n) is 2.34. The van der Waals surface area contributed by atoms with Crippen molar-refractivity contribution in [3.8, 4) is 5.75 Å². The van der Waals surface area contributed by atoms with Gasteiger partial charge in [-0.25, -0.2) is 0 Å². The Bertz CT molecular complexity index is 465. The van der Waals surface area contributed by atoms with E-state index in [-0.39, 0.29) is 17.5 Å². The number of ether oxygens (including phenoxy) is 1. The highest BCUT2D eigenvalue weighted by atomic mass is 16.6. The lowest BCUT2D eigenvalue weighted by Crippen LogP contribution is -2.33. The van der Waals surface area contributed by atoms with Gasteiger partial charge < -0.3 is 15.0 Å². The van der Waals surface area contributed by atoms with Gasteiger partial charge in [0.25, 0.3) is 0 Å². The second-order valence-corrected chi connectivity index (χ2v) is 5.88. The minimum atomic E-state index is -0.436. The standard InChI is InChI=1S/C15H25N3O3/c1-11(2)8-13(10-17(3)4)16-12-6-7-14(18(19)20)15(9-12)21-5/h6-7,9,11,13,16H,8,10H2,1-5H3. The quantitative estimate of drug-likeness (QED) is 0.590. The molecule has 0 radical (unpaired) electrons. The maximum Gasteiger partial charge on any atom is 0.311 e. The zero-order chi connectivity index (χ0) is 16.0.